The molecule has 0 radical (unpaired) electrons. The molecule has 0 aromatic heterocycles. The summed E-state index contributed by atoms with van der Waals surface area (Å²) in [6.45, 7) is 23.0. The number of alkyl halides is 6. The second-order valence-corrected chi connectivity index (χ2v) is 19.1. The molecule has 1 aliphatic heterocycles. The Morgan fingerprint density at radius 1 is 0.712 bits per heavy atom. The van der Waals surface area contributed by atoms with E-state index in [4.69, 9.17) is 19.0 Å². The van der Waals surface area contributed by atoms with Crippen molar-refractivity contribution in [1.29, 1.82) is 0 Å². The number of carboxylic acid groups (broad SMARTS) is 1. The third-order valence-electron chi connectivity index (χ3n) is 10.6. The fraction of sp³-hybridized carbons (Fsp3) is 0.500. The number of nitrogens with zero attached hydrogens (tertiary/aromatic N) is 3. The van der Waals surface area contributed by atoms with E-state index in [1.165, 1.54) is 0 Å². The number of anilines is 1. The molecule has 368 valence electrons. The standard InChI is InChI=1S/C36H45N2O5.C6H12O2.C2F6NO4S2/c1-8-36(6,7)35(40)42-22-21-41-34(39)28-16-14-13-15-27(28)33-29-19-17-25(37(9-2)10-3)23-31(29)43-32-24-26(18-20-30(32)33)38(11-4)12-5;1-4-6(2,3)5(7)8;3-1(4,5)14(10,11)9-15(12,13)2(6,7)8/h13-20,23-24H,8-12,21-22H2,1-7H3;4H2,1-3H3,(H,7,8);/q+1;;-1. The number of sulfonamides is 2. The fourth-order valence-corrected chi connectivity index (χ4v) is 7.37. The van der Waals surface area contributed by atoms with E-state index in [2.05, 4.69) is 73.6 Å². The molecule has 0 unspecified atom stereocenters. The topological polar surface area (TPSA) is 192 Å². The number of rotatable bonds is 16. The summed E-state index contributed by atoms with van der Waals surface area (Å²) >= 11 is 0. The molecule has 0 saturated carbocycles. The number of ether oxygens (including phenoxy) is 2. The van der Waals surface area contributed by atoms with E-state index in [0.29, 0.717) is 18.4 Å². The summed E-state index contributed by atoms with van der Waals surface area (Å²) in [6.07, 6.45) is 1.35. The van der Waals surface area contributed by atoms with Gasteiger partial charge in [-0.05, 0) is 98.1 Å². The molecule has 66 heavy (non-hydrogen) atoms. The van der Waals surface area contributed by atoms with Crippen molar-refractivity contribution >= 4 is 54.6 Å². The van der Waals surface area contributed by atoms with E-state index in [0.717, 1.165) is 74.8 Å². The summed E-state index contributed by atoms with van der Waals surface area (Å²) in [4.78, 5) is 38.3. The van der Waals surface area contributed by atoms with E-state index in [1.54, 1.807) is 19.9 Å². The van der Waals surface area contributed by atoms with Crippen LogP contribution in [0.1, 0.15) is 92.4 Å². The predicted octanol–water partition coefficient (Wildman–Crippen LogP) is 9.57. The first-order valence-electron chi connectivity index (χ1n) is 20.8. The predicted molar refractivity (Wildman–Crippen MR) is 239 cm³/mol. The van der Waals surface area contributed by atoms with Crippen LogP contribution < -0.4 is 14.8 Å². The lowest BCUT2D eigenvalue weighted by molar-refractivity contribution is -0.155. The van der Waals surface area contributed by atoms with Gasteiger partial charge in [0.1, 0.15) is 37.6 Å². The van der Waals surface area contributed by atoms with Gasteiger partial charge in [0.15, 0.2) is 20.0 Å². The zero-order valence-corrected chi connectivity index (χ0v) is 40.0. The lowest BCUT2D eigenvalue weighted by Gasteiger charge is -2.22. The van der Waals surface area contributed by atoms with Gasteiger partial charge in [-0.3, -0.25) is 9.59 Å². The molecule has 1 heterocycles. The van der Waals surface area contributed by atoms with Crippen molar-refractivity contribution in [3.63, 3.8) is 0 Å². The van der Waals surface area contributed by atoms with Gasteiger partial charge in [0.25, 0.3) is 0 Å². The molecule has 0 bridgehead atoms. The van der Waals surface area contributed by atoms with E-state index in [1.807, 2.05) is 45.9 Å². The minimum Gasteiger partial charge on any atom is -0.481 e. The minimum absolute atomic E-state index is 0.00845. The highest BCUT2D eigenvalue weighted by Gasteiger charge is 2.47. The third kappa shape index (κ3) is 14.4. The Morgan fingerprint density at radius 3 is 1.71 bits per heavy atom. The summed E-state index contributed by atoms with van der Waals surface area (Å²) in [5.74, 6) is -0.745. The highest BCUT2D eigenvalue weighted by molar-refractivity contribution is 8.13. The van der Waals surface area contributed by atoms with Gasteiger partial charge < -0.3 is 28.0 Å². The minimum atomic E-state index is -6.72. The van der Waals surface area contributed by atoms with Crippen LogP contribution in [0.2, 0.25) is 0 Å². The number of hydrogen-bond acceptors (Lipinski definition) is 11. The zero-order chi connectivity index (χ0) is 50.6. The maximum Gasteiger partial charge on any atom is 0.480 e. The molecule has 0 spiro atoms. The quantitative estimate of drug-likeness (QED) is 0.0368. The normalized spacial score (nSPS) is 12.4. The molecule has 22 heteroatoms. The number of halogens is 6. The van der Waals surface area contributed by atoms with E-state index in [-0.39, 0.29) is 19.2 Å². The first-order valence-corrected chi connectivity index (χ1v) is 23.6. The molecule has 2 aromatic rings. The average Bonchev–Trinajstić information content (AvgIpc) is 3.24. The molecule has 2 aromatic carbocycles. The molecule has 0 saturated heterocycles. The number of carbonyl (C=O) groups is 3. The molecule has 14 nitrogen and oxygen atoms in total. The first-order chi connectivity index (χ1) is 30.4. The molecule has 0 atom stereocenters. The molecule has 1 N–H and O–H groups in total. The summed E-state index contributed by atoms with van der Waals surface area (Å²) in [5, 5.41) is 10.4. The fourth-order valence-electron chi connectivity index (χ4n) is 5.66. The second kappa shape index (κ2) is 23.0. The van der Waals surface area contributed by atoms with Crippen LogP contribution in [0.15, 0.2) is 65.1 Å². The molecule has 1 aliphatic carbocycles. The van der Waals surface area contributed by atoms with Gasteiger partial charge in [-0.1, -0.05) is 32.0 Å². The Bertz CT molecular complexity index is 2540. The van der Waals surface area contributed by atoms with Crippen LogP contribution in [0.5, 0.6) is 0 Å². The maximum atomic E-state index is 13.5. The molecular weight excluding hydrogens is 925 g/mol. The third-order valence-corrected chi connectivity index (χ3v) is 13.3. The number of carboxylic acids is 1. The maximum absolute atomic E-state index is 13.5. The van der Waals surface area contributed by atoms with Crippen molar-refractivity contribution in [1.82, 2.24) is 4.58 Å². The van der Waals surface area contributed by atoms with Gasteiger partial charge in [-0.15, -0.1) is 0 Å². The van der Waals surface area contributed by atoms with Crippen LogP contribution >= 0.6 is 0 Å². The summed E-state index contributed by atoms with van der Waals surface area (Å²) in [7, 11) is -13.4. The van der Waals surface area contributed by atoms with Crippen molar-refractivity contribution in [3.05, 3.63) is 75.7 Å². The van der Waals surface area contributed by atoms with Crippen molar-refractivity contribution in [2.45, 2.75) is 93.1 Å². The smallest absolute Gasteiger partial charge is 0.480 e. The first kappa shape index (κ1) is 56.9. The van der Waals surface area contributed by atoms with Gasteiger partial charge in [0, 0.05) is 47.4 Å². The van der Waals surface area contributed by atoms with E-state index in [9.17, 15) is 57.6 Å². The van der Waals surface area contributed by atoms with E-state index >= 15 is 0 Å². The van der Waals surface area contributed by atoms with Crippen LogP contribution in [0.3, 0.4) is 0 Å². The Kier molecular flexibility index (Phi) is 19.8. The largest absolute Gasteiger partial charge is 0.481 e. The van der Waals surface area contributed by atoms with Crippen molar-refractivity contribution < 1.29 is 76.6 Å². The second-order valence-electron chi connectivity index (χ2n) is 15.7. The SMILES string of the molecule is CCC(C)(C)C(=O)O.CCN(CC)c1ccc2c(-c3ccccc3C(=O)OCCOC(=O)C(C)(C)CC)c3ccc(=[N+](CC)CC)cc-3oc2c1.O=S(=O)([N-]S(=O)(=O)C(F)(F)F)C(F)(F)F. The van der Waals surface area contributed by atoms with Crippen LogP contribution in [0.25, 0.3) is 37.5 Å². The molecule has 4 rings (SSSR count). The Morgan fingerprint density at radius 2 is 1.24 bits per heavy atom. The number of aliphatic carboxylic acids is 1. The van der Waals surface area contributed by atoms with Gasteiger partial charge >= 0.3 is 28.9 Å². The van der Waals surface area contributed by atoms with Gasteiger partial charge in [-0.25, -0.2) is 26.2 Å². The Labute approximate surface area is 381 Å². The Balaban J connectivity index is 0.000000535. The number of hydrogen-bond donors (Lipinski definition) is 1. The average molecular weight is 982 g/mol. The molecule has 2 aliphatic rings. The number of benzene rings is 3. The highest BCUT2D eigenvalue weighted by atomic mass is 32.3. The highest BCUT2D eigenvalue weighted by Crippen LogP contribution is 2.42. The Hall–Kier alpha value is -5.22. The van der Waals surface area contributed by atoms with Crippen LogP contribution in [0.4, 0.5) is 32.0 Å². The van der Waals surface area contributed by atoms with Crippen molar-refractivity contribution in [2.75, 3.05) is 44.3 Å². The monoisotopic (exact) mass is 981 g/mol. The molecule has 0 amide bonds. The van der Waals surface area contributed by atoms with Gasteiger partial charge in [-0.2, -0.15) is 26.3 Å². The zero-order valence-electron chi connectivity index (χ0n) is 38.4. The number of esters is 2. The van der Waals surface area contributed by atoms with Crippen molar-refractivity contribution in [2.24, 2.45) is 10.8 Å². The lowest BCUT2D eigenvalue weighted by atomic mass is 9.90. The lowest BCUT2D eigenvalue weighted by Crippen LogP contribution is -2.30. The summed E-state index contributed by atoms with van der Waals surface area (Å²) in [5.41, 5.74) is -8.67. The van der Waals surface area contributed by atoms with Crippen molar-refractivity contribution in [3.8, 4) is 22.5 Å². The number of fused-ring (bicyclic) bond motifs is 2. The number of carbonyl (C=O) groups excluding carboxylic acids is 2. The van der Waals surface area contributed by atoms with Crippen LogP contribution in [0, 0.1) is 10.8 Å². The van der Waals surface area contributed by atoms with E-state index < -0.39 is 53.8 Å². The molecule has 0 fully saturated rings. The van der Waals surface area contributed by atoms with Crippen LogP contribution in [-0.2, 0) is 39.1 Å². The summed E-state index contributed by atoms with van der Waals surface area (Å²) in [6, 6.07) is 20.0. The molecular formula is C44H57F6N3O11S2. The van der Waals surface area contributed by atoms with Gasteiger partial charge in [0.2, 0.25) is 5.36 Å². The van der Waals surface area contributed by atoms with Gasteiger partial charge in [0.05, 0.1) is 22.5 Å². The van der Waals surface area contributed by atoms with Crippen LogP contribution in [-0.4, -0.2) is 90.3 Å². The summed E-state index contributed by atoms with van der Waals surface area (Å²) < 4.78 is 129.